The molecule has 3 aromatic heterocycles. The third-order valence-corrected chi connectivity index (χ3v) is 6.48. The van der Waals surface area contributed by atoms with Crippen molar-refractivity contribution in [2.45, 2.75) is 32.2 Å². The van der Waals surface area contributed by atoms with Crippen LogP contribution in [0.1, 0.15) is 35.2 Å². The second kappa shape index (κ2) is 9.96. The fourth-order valence-corrected chi connectivity index (χ4v) is 4.58. The Bertz CT molecular complexity index is 1470. The minimum absolute atomic E-state index is 0.00274. The Labute approximate surface area is 208 Å². The van der Waals surface area contributed by atoms with Crippen LogP contribution in [0, 0.1) is 18.3 Å². The van der Waals surface area contributed by atoms with Crippen molar-refractivity contribution in [2.75, 3.05) is 18.4 Å². The van der Waals surface area contributed by atoms with Crippen LogP contribution in [0.15, 0.2) is 54.9 Å². The Kier molecular flexibility index (Phi) is 6.41. The maximum Gasteiger partial charge on any atom is 0.236 e. The molecule has 180 valence electrons. The zero-order valence-corrected chi connectivity index (χ0v) is 19.9. The molecule has 0 unspecified atom stereocenters. The van der Waals surface area contributed by atoms with Crippen LogP contribution in [0.2, 0.25) is 0 Å². The van der Waals surface area contributed by atoms with E-state index < -0.39 is 0 Å². The number of rotatable bonds is 6. The number of aldehydes is 1. The molecule has 0 bridgehead atoms. The Morgan fingerprint density at radius 2 is 2.06 bits per heavy atom. The summed E-state index contributed by atoms with van der Waals surface area (Å²) in [5.41, 5.74) is 4.78. The van der Waals surface area contributed by atoms with Crippen molar-refractivity contribution in [2.24, 2.45) is 0 Å². The van der Waals surface area contributed by atoms with Gasteiger partial charge in [0.05, 0.1) is 29.0 Å². The largest absolute Gasteiger partial charge is 0.365 e. The van der Waals surface area contributed by atoms with Gasteiger partial charge >= 0.3 is 0 Å². The number of likely N-dealkylation sites (tertiary alicyclic amines) is 1. The predicted molar refractivity (Wildman–Crippen MR) is 135 cm³/mol. The number of carbonyl (C=O) groups excluding carboxylic acids is 2. The normalized spacial score (nSPS) is 15.4. The van der Waals surface area contributed by atoms with E-state index in [9.17, 15) is 9.59 Å². The maximum atomic E-state index is 12.3. The number of benzene rings is 1. The summed E-state index contributed by atoms with van der Waals surface area (Å²) in [7, 11) is 0. The van der Waals surface area contributed by atoms with Crippen molar-refractivity contribution in [3.05, 3.63) is 66.0 Å². The molecule has 1 aliphatic rings. The molecule has 0 saturated carbocycles. The van der Waals surface area contributed by atoms with E-state index in [1.165, 1.54) is 0 Å². The minimum atomic E-state index is -0.147. The van der Waals surface area contributed by atoms with E-state index in [4.69, 9.17) is 15.2 Å². The van der Waals surface area contributed by atoms with Gasteiger partial charge in [-0.3, -0.25) is 9.59 Å². The Morgan fingerprint density at radius 3 is 2.83 bits per heavy atom. The van der Waals surface area contributed by atoms with Gasteiger partial charge in [-0.05, 0) is 31.9 Å². The van der Waals surface area contributed by atoms with Gasteiger partial charge in [0.25, 0.3) is 0 Å². The molecule has 9 nitrogen and oxygen atoms in total. The number of fused-ring (bicyclic) bond motifs is 1. The van der Waals surface area contributed by atoms with Crippen molar-refractivity contribution < 1.29 is 9.59 Å². The van der Waals surface area contributed by atoms with E-state index >= 15 is 0 Å². The summed E-state index contributed by atoms with van der Waals surface area (Å²) in [6.45, 7) is 3.13. The van der Waals surface area contributed by atoms with Crippen molar-refractivity contribution in [1.29, 1.82) is 5.26 Å². The minimum Gasteiger partial charge on any atom is -0.365 e. The van der Waals surface area contributed by atoms with E-state index in [0.717, 1.165) is 47.0 Å². The predicted octanol–water partition coefficient (Wildman–Crippen LogP) is 3.90. The van der Waals surface area contributed by atoms with Crippen LogP contribution in [0.3, 0.4) is 0 Å². The van der Waals surface area contributed by atoms with Gasteiger partial charge in [0.2, 0.25) is 5.91 Å². The summed E-state index contributed by atoms with van der Waals surface area (Å²) < 4.78 is 1.78. The van der Waals surface area contributed by atoms with Crippen LogP contribution >= 0.6 is 0 Å². The highest BCUT2D eigenvalue weighted by Gasteiger charge is 2.25. The van der Waals surface area contributed by atoms with Gasteiger partial charge in [-0.25, -0.2) is 14.5 Å². The molecule has 0 aliphatic carbocycles. The first-order valence-corrected chi connectivity index (χ1v) is 11.9. The summed E-state index contributed by atoms with van der Waals surface area (Å²) in [6.07, 6.45) is 6.07. The molecule has 0 radical (unpaired) electrons. The standard InChI is InChI=1S/C27H25N7O2/c1-18-25(20-9-7-19(17-35)8-10-20)31-27(22-15-29-34-14-3-2-6-23(22)34)32-26(18)30-21-5-4-13-33(16-21)24(36)11-12-28/h2-3,6-10,14-15,17,21H,4-5,11,13,16H2,1H3,(H,30,31,32)/t21-/m1/s1. The number of hydrogen-bond donors (Lipinski definition) is 1. The topological polar surface area (TPSA) is 116 Å². The molecule has 1 atom stereocenters. The lowest BCUT2D eigenvalue weighted by Crippen LogP contribution is -2.45. The first-order chi connectivity index (χ1) is 17.6. The van der Waals surface area contributed by atoms with Gasteiger partial charge in [-0.2, -0.15) is 10.4 Å². The molecule has 1 N–H and O–H groups in total. The van der Waals surface area contributed by atoms with E-state index in [1.807, 2.05) is 49.5 Å². The lowest BCUT2D eigenvalue weighted by atomic mass is 10.0. The monoisotopic (exact) mass is 479 g/mol. The molecule has 36 heavy (non-hydrogen) atoms. The fourth-order valence-electron chi connectivity index (χ4n) is 4.58. The smallest absolute Gasteiger partial charge is 0.236 e. The van der Waals surface area contributed by atoms with Gasteiger partial charge in [0.15, 0.2) is 5.82 Å². The van der Waals surface area contributed by atoms with E-state index in [1.54, 1.807) is 27.7 Å². The lowest BCUT2D eigenvalue weighted by Gasteiger charge is -2.33. The number of nitrogens with one attached hydrogen (secondary N) is 1. The Morgan fingerprint density at radius 1 is 1.22 bits per heavy atom. The van der Waals surface area contributed by atoms with E-state index in [-0.39, 0.29) is 18.4 Å². The van der Waals surface area contributed by atoms with Crippen LogP contribution in [-0.4, -0.2) is 55.8 Å². The molecule has 9 heteroatoms. The molecule has 1 aromatic carbocycles. The number of hydrogen-bond acceptors (Lipinski definition) is 7. The van der Waals surface area contributed by atoms with Crippen LogP contribution < -0.4 is 5.32 Å². The number of piperidine rings is 1. The molecule has 5 rings (SSSR count). The first kappa shape index (κ1) is 23.2. The third-order valence-electron chi connectivity index (χ3n) is 6.48. The van der Waals surface area contributed by atoms with E-state index in [0.29, 0.717) is 30.3 Å². The molecule has 4 aromatic rings. The number of aromatic nitrogens is 4. The number of pyridine rings is 1. The number of nitrogens with zero attached hydrogens (tertiary/aromatic N) is 6. The Hall–Kier alpha value is -4.58. The van der Waals surface area contributed by atoms with Gasteiger partial charge in [0.1, 0.15) is 18.5 Å². The number of carbonyl (C=O) groups is 2. The third kappa shape index (κ3) is 4.53. The average Bonchev–Trinajstić information content (AvgIpc) is 3.34. The van der Waals surface area contributed by atoms with Gasteiger partial charge in [-0.15, -0.1) is 0 Å². The van der Waals surface area contributed by atoms with Crippen LogP contribution in [-0.2, 0) is 4.79 Å². The maximum absolute atomic E-state index is 12.3. The summed E-state index contributed by atoms with van der Waals surface area (Å²) >= 11 is 0. The van der Waals surface area contributed by atoms with E-state index in [2.05, 4.69) is 10.4 Å². The lowest BCUT2D eigenvalue weighted by molar-refractivity contribution is -0.131. The molecule has 1 amide bonds. The average molecular weight is 480 g/mol. The summed E-state index contributed by atoms with van der Waals surface area (Å²) in [6, 6.07) is 15.1. The van der Waals surface area contributed by atoms with Crippen LogP contribution in [0.25, 0.3) is 28.2 Å². The van der Waals surface area contributed by atoms with Gasteiger partial charge in [-0.1, -0.05) is 30.3 Å². The summed E-state index contributed by atoms with van der Waals surface area (Å²) in [5, 5.41) is 16.9. The highest BCUT2D eigenvalue weighted by atomic mass is 16.2. The molecular formula is C27H25N7O2. The molecule has 0 spiro atoms. The zero-order chi connectivity index (χ0) is 25.1. The van der Waals surface area contributed by atoms with Gasteiger partial charge < -0.3 is 10.2 Å². The molecule has 1 saturated heterocycles. The first-order valence-electron chi connectivity index (χ1n) is 11.9. The van der Waals surface area contributed by atoms with Crippen molar-refractivity contribution in [3.63, 3.8) is 0 Å². The summed E-state index contributed by atoms with van der Waals surface area (Å²) in [5.74, 6) is 1.07. The van der Waals surface area contributed by atoms with Crippen LogP contribution in [0.5, 0.6) is 0 Å². The number of amides is 1. The second-order valence-electron chi connectivity index (χ2n) is 8.86. The zero-order valence-electron chi connectivity index (χ0n) is 19.9. The molecule has 1 aliphatic heterocycles. The van der Waals surface area contributed by atoms with Crippen molar-refractivity contribution in [1.82, 2.24) is 24.5 Å². The highest BCUT2D eigenvalue weighted by Crippen LogP contribution is 2.31. The van der Waals surface area contributed by atoms with Gasteiger partial charge in [0, 0.05) is 42.0 Å². The number of anilines is 1. The Balaban J connectivity index is 1.56. The molecule has 4 heterocycles. The van der Waals surface area contributed by atoms with Crippen molar-refractivity contribution >= 4 is 23.5 Å². The highest BCUT2D eigenvalue weighted by molar-refractivity contribution is 5.81. The summed E-state index contributed by atoms with van der Waals surface area (Å²) in [4.78, 5) is 35.0. The van der Waals surface area contributed by atoms with Crippen molar-refractivity contribution in [3.8, 4) is 28.7 Å². The second-order valence-corrected chi connectivity index (χ2v) is 8.86. The SMILES string of the molecule is Cc1c(N[C@@H]2CCCN(C(=O)CC#N)C2)nc(-c2cnn3ccccc23)nc1-c1ccc(C=O)cc1. The number of nitriles is 1. The molecule has 1 fully saturated rings. The molecular weight excluding hydrogens is 454 g/mol. The van der Waals surface area contributed by atoms with Crippen LogP contribution in [0.4, 0.5) is 5.82 Å². The fraction of sp³-hybridized carbons (Fsp3) is 0.259. The quantitative estimate of drug-likeness (QED) is 0.417.